The summed E-state index contributed by atoms with van der Waals surface area (Å²) in [7, 11) is -2.65. The van der Waals surface area contributed by atoms with E-state index in [0.29, 0.717) is 11.3 Å². The normalized spacial score (nSPS) is 14.5. The highest BCUT2D eigenvalue weighted by molar-refractivity contribution is 7.89. The van der Waals surface area contributed by atoms with Crippen LogP contribution in [0.2, 0.25) is 0 Å². The molecule has 1 aromatic heterocycles. The fourth-order valence-electron chi connectivity index (χ4n) is 2.71. The topological polar surface area (TPSA) is 167 Å². The molecule has 0 saturated carbocycles. The molecule has 15 heteroatoms. The van der Waals surface area contributed by atoms with Crippen LogP contribution in [0.4, 0.5) is 10.1 Å². The Balaban J connectivity index is 1.69. The predicted octanol–water partition coefficient (Wildman–Crippen LogP) is 0.876. The molecule has 1 aliphatic heterocycles. The number of rotatable bonds is 8. The van der Waals surface area contributed by atoms with E-state index in [9.17, 15) is 28.1 Å². The smallest absolute Gasteiger partial charge is 0.345 e. The quantitative estimate of drug-likeness (QED) is 0.321. The molecule has 2 heterocycles. The van der Waals surface area contributed by atoms with Crippen molar-refractivity contribution in [2.24, 2.45) is 0 Å². The zero-order valence-electron chi connectivity index (χ0n) is 16.7. The van der Waals surface area contributed by atoms with Crippen molar-refractivity contribution in [1.82, 2.24) is 9.29 Å². The van der Waals surface area contributed by atoms with E-state index in [-0.39, 0.29) is 52.6 Å². The summed E-state index contributed by atoms with van der Waals surface area (Å²) in [4.78, 5) is 37.8. The summed E-state index contributed by atoms with van der Waals surface area (Å²) in [5.74, 6) is -1.65. The number of thiazole rings is 1. The van der Waals surface area contributed by atoms with Gasteiger partial charge in [0.1, 0.15) is 16.8 Å². The fourth-order valence-corrected chi connectivity index (χ4v) is 4.95. The molecule has 0 unspecified atom stereocenters. The number of methoxy groups -OCH3 is 1. The van der Waals surface area contributed by atoms with Gasteiger partial charge in [0.2, 0.25) is 10.0 Å². The number of benzene rings is 1. The van der Waals surface area contributed by atoms with E-state index in [2.05, 4.69) is 10.3 Å². The monoisotopic (exact) mass is 486 g/mol. The van der Waals surface area contributed by atoms with E-state index in [1.54, 1.807) is 0 Å². The number of amides is 1. The van der Waals surface area contributed by atoms with Crippen molar-refractivity contribution < 1.29 is 37.1 Å². The molecule has 1 amide bonds. The molecule has 32 heavy (non-hydrogen) atoms. The van der Waals surface area contributed by atoms with Crippen LogP contribution >= 0.6 is 11.3 Å². The maximum atomic E-state index is 13.0. The summed E-state index contributed by atoms with van der Waals surface area (Å²) in [6, 6.07) is 3.74. The molecule has 0 atom stereocenters. The summed E-state index contributed by atoms with van der Waals surface area (Å²) in [5.41, 5.74) is -0.102. The van der Waals surface area contributed by atoms with Gasteiger partial charge in [0.25, 0.3) is 5.91 Å². The number of sulfonamides is 1. The molecule has 0 bridgehead atoms. The number of nitrogens with one attached hydrogen (secondary N) is 1. The minimum absolute atomic E-state index is 0.0268. The Morgan fingerprint density at radius 2 is 2.06 bits per heavy atom. The number of hydrogen-bond acceptors (Lipinski definition) is 11. The van der Waals surface area contributed by atoms with Crippen LogP contribution in [0.1, 0.15) is 10.4 Å². The van der Waals surface area contributed by atoms with Crippen LogP contribution in [-0.2, 0) is 24.3 Å². The Morgan fingerprint density at radius 3 is 2.69 bits per heavy atom. The van der Waals surface area contributed by atoms with Crippen LogP contribution in [0.15, 0.2) is 29.3 Å². The summed E-state index contributed by atoms with van der Waals surface area (Å²) >= 11 is 0.645. The molecule has 1 aliphatic rings. The number of carbonyl (C=O) groups excluding carboxylic acids is 2. The van der Waals surface area contributed by atoms with Crippen molar-refractivity contribution in [3.05, 3.63) is 40.1 Å². The lowest BCUT2D eigenvalue weighted by Gasteiger charge is -2.26. The minimum Gasteiger partial charge on any atom is -0.495 e. The number of nitrogens with zero attached hydrogens (tertiary/aromatic N) is 3. The number of nitro groups is 1. The van der Waals surface area contributed by atoms with Crippen LogP contribution in [0, 0.1) is 10.1 Å². The molecule has 0 radical (unpaired) electrons. The highest BCUT2D eigenvalue weighted by Gasteiger charge is 2.30. The lowest BCUT2D eigenvalue weighted by molar-refractivity contribution is -0.380. The number of ether oxygens (including phenoxy) is 3. The maximum absolute atomic E-state index is 13.0. The van der Waals surface area contributed by atoms with E-state index in [4.69, 9.17) is 14.2 Å². The van der Waals surface area contributed by atoms with E-state index >= 15 is 0 Å². The summed E-state index contributed by atoms with van der Waals surface area (Å²) in [5, 5.41) is 12.6. The zero-order valence-corrected chi connectivity index (χ0v) is 18.3. The van der Waals surface area contributed by atoms with Crippen molar-refractivity contribution in [2.45, 2.75) is 4.90 Å². The largest absolute Gasteiger partial charge is 0.495 e. The van der Waals surface area contributed by atoms with Gasteiger partial charge in [-0.05, 0) is 29.5 Å². The van der Waals surface area contributed by atoms with Gasteiger partial charge < -0.3 is 14.2 Å². The van der Waals surface area contributed by atoms with Crippen molar-refractivity contribution >= 4 is 43.4 Å². The first kappa shape index (κ1) is 23.5. The number of hydrogen-bond donors (Lipinski definition) is 1. The van der Waals surface area contributed by atoms with Gasteiger partial charge in [0.15, 0.2) is 11.7 Å². The van der Waals surface area contributed by atoms with Gasteiger partial charge in [-0.2, -0.15) is 4.31 Å². The minimum atomic E-state index is -3.96. The zero-order chi connectivity index (χ0) is 23.3. The van der Waals surface area contributed by atoms with Crippen molar-refractivity contribution in [3.63, 3.8) is 0 Å². The number of esters is 1. The molecular formula is C17H18N4O9S2. The lowest BCUT2D eigenvalue weighted by atomic mass is 10.2. The van der Waals surface area contributed by atoms with Gasteiger partial charge in [-0.1, -0.05) is 0 Å². The number of anilines is 1. The van der Waals surface area contributed by atoms with Gasteiger partial charge in [0, 0.05) is 13.1 Å². The summed E-state index contributed by atoms with van der Waals surface area (Å²) in [6.45, 7) is 0.121. The van der Waals surface area contributed by atoms with Gasteiger partial charge in [-0.25, -0.2) is 18.2 Å². The van der Waals surface area contributed by atoms with Crippen molar-refractivity contribution in [2.75, 3.05) is 45.3 Å². The van der Waals surface area contributed by atoms with Gasteiger partial charge in [0.05, 0.1) is 30.8 Å². The molecule has 13 nitrogen and oxygen atoms in total. The average Bonchev–Trinajstić information content (AvgIpc) is 3.26. The van der Waals surface area contributed by atoms with Crippen molar-refractivity contribution in [3.8, 4) is 5.75 Å². The first-order chi connectivity index (χ1) is 15.2. The predicted molar refractivity (Wildman–Crippen MR) is 110 cm³/mol. The second-order valence-electron chi connectivity index (χ2n) is 6.27. The Kier molecular flexibility index (Phi) is 7.34. The molecule has 0 aliphatic carbocycles. The second kappa shape index (κ2) is 9.99. The molecule has 0 spiro atoms. The van der Waals surface area contributed by atoms with Crippen LogP contribution in [0.5, 0.6) is 5.75 Å². The van der Waals surface area contributed by atoms with Crippen LogP contribution in [0.3, 0.4) is 0 Å². The number of morpholine rings is 1. The first-order valence-corrected chi connectivity index (χ1v) is 11.3. The third-order valence-corrected chi connectivity index (χ3v) is 7.03. The van der Waals surface area contributed by atoms with Crippen molar-refractivity contribution in [1.29, 1.82) is 0 Å². The van der Waals surface area contributed by atoms with E-state index in [1.165, 1.54) is 23.5 Å². The van der Waals surface area contributed by atoms with E-state index < -0.39 is 33.4 Å². The number of aromatic nitrogens is 1. The molecule has 1 N–H and O–H groups in total. The maximum Gasteiger partial charge on any atom is 0.345 e. The molecule has 1 aromatic carbocycles. The Labute approximate surface area is 186 Å². The van der Waals surface area contributed by atoms with E-state index in [0.717, 1.165) is 12.3 Å². The Morgan fingerprint density at radius 1 is 1.34 bits per heavy atom. The summed E-state index contributed by atoms with van der Waals surface area (Å²) < 4.78 is 42.4. The molecule has 1 saturated heterocycles. The molecular weight excluding hydrogens is 468 g/mol. The van der Waals surface area contributed by atoms with Gasteiger partial charge in [-0.15, -0.1) is 0 Å². The van der Waals surface area contributed by atoms with Crippen LogP contribution in [0.25, 0.3) is 0 Å². The Hall–Kier alpha value is -3.14. The highest BCUT2D eigenvalue weighted by Crippen LogP contribution is 2.29. The molecule has 1 fully saturated rings. The third-order valence-electron chi connectivity index (χ3n) is 4.24. The number of carbonyl (C=O) groups is 2. The SMILES string of the molecule is COc1ccc(C(=O)OCC(=O)Nc2ncc([N+](=O)[O-])s2)cc1S(=O)(=O)N1CCOCC1. The first-order valence-electron chi connectivity index (χ1n) is 9.05. The lowest BCUT2D eigenvalue weighted by Crippen LogP contribution is -2.40. The standard InChI is InChI=1S/C17H18N4O9S2/c1-28-12-3-2-11(8-13(12)32(26,27)20-4-6-29-7-5-20)16(23)30-10-14(22)19-17-18-9-15(31-17)21(24)25/h2-3,8-9H,4-7,10H2,1H3,(H,18,19,22). The molecule has 172 valence electrons. The second-order valence-corrected chi connectivity index (χ2v) is 9.18. The van der Waals surface area contributed by atoms with Crippen LogP contribution < -0.4 is 10.1 Å². The van der Waals surface area contributed by atoms with E-state index in [1.807, 2.05) is 0 Å². The average molecular weight is 486 g/mol. The molecule has 3 rings (SSSR count). The summed E-state index contributed by atoms with van der Waals surface area (Å²) in [6.07, 6.45) is 0.986. The van der Waals surface area contributed by atoms with Crippen LogP contribution in [-0.4, -0.2) is 74.5 Å². The highest BCUT2D eigenvalue weighted by atomic mass is 32.2. The molecule has 2 aromatic rings. The fraction of sp³-hybridized carbons (Fsp3) is 0.353. The Bertz CT molecular complexity index is 1130. The van der Waals surface area contributed by atoms with Gasteiger partial charge in [-0.3, -0.25) is 20.2 Å². The van der Waals surface area contributed by atoms with Gasteiger partial charge >= 0.3 is 11.0 Å². The third kappa shape index (κ3) is 5.37.